The number of nitrogens with zero attached hydrogens (tertiary/aromatic N) is 4. The number of ether oxygens (including phenoxy) is 3. The van der Waals surface area contributed by atoms with Crippen molar-refractivity contribution >= 4 is 11.9 Å². The number of aliphatic carboxylic acids is 1. The maximum absolute atomic E-state index is 13.8. The van der Waals surface area contributed by atoms with Gasteiger partial charge in [-0.2, -0.15) is 13.2 Å². The molecule has 0 spiro atoms. The minimum Gasteiger partial charge on any atom is -0.496 e. The predicted octanol–water partition coefficient (Wildman–Crippen LogP) is 7.93. The van der Waals surface area contributed by atoms with Crippen LogP contribution in [0.15, 0.2) is 54.9 Å². The summed E-state index contributed by atoms with van der Waals surface area (Å²) in [5.41, 5.74) is 2.78. The number of alkyl halides is 4. The summed E-state index contributed by atoms with van der Waals surface area (Å²) in [6, 6.07) is 10.7. The third kappa shape index (κ3) is 9.11. The van der Waals surface area contributed by atoms with Crippen LogP contribution in [-0.4, -0.2) is 46.9 Å². The first-order chi connectivity index (χ1) is 22.8. The number of carboxylic acids is 1. The molecule has 0 aliphatic rings. The number of anilines is 1. The third-order valence-electron chi connectivity index (χ3n) is 7.54. The van der Waals surface area contributed by atoms with Crippen LogP contribution in [0, 0.1) is 6.92 Å². The second-order valence-electron chi connectivity index (χ2n) is 11.5. The fourth-order valence-electron chi connectivity index (χ4n) is 5.12. The van der Waals surface area contributed by atoms with Crippen molar-refractivity contribution in [3.63, 3.8) is 0 Å². The summed E-state index contributed by atoms with van der Waals surface area (Å²) < 4.78 is 72.0. The monoisotopic (exact) mass is 670 g/mol. The maximum Gasteiger partial charge on any atom is 0.416 e. The molecule has 0 aliphatic carbocycles. The fraction of sp³-hybridized carbons (Fsp3) is 0.371. The Balaban J connectivity index is 1.82. The normalized spacial score (nSPS) is 11.5. The van der Waals surface area contributed by atoms with Gasteiger partial charge in [-0.3, -0.25) is 4.79 Å². The molecule has 0 amide bonds. The highest BCUT2D eigenvalue weighted by molar-refractivity contribution is 5.72. The number of hydrogen-bond acceptors (Lipinski definition) is 8. The molecule has 0 saturated heterocycles. The molecular formula is C35H38F4N4O5. The van der Waals surface area contributed by atoms with E-state index >= 15 is 0 Å². The quantitative estimate of drug-likeness (QED) is 0.0997. The molecule has 256 valence electrons. The second kappa shape index (κ2) is 15.8. The Morgan fingerprint density at radius 1 is 0.958 bits per heavy atom. The zero-order valence-electron chi connectivity index (χ0n) is 27.4. The first-order valence-electron chi connectivity index (χ1n) is 15.2. The lowest BCUT2D eigenvalue weighted by molar-refractivity contribution is -0.138. The van der Waals surface area contributed by atoms with Gasteiger partial charge in [0.15, 0.2) is 5.75 Å². The van der Waals surface area contributed by atoms with Gasteiger partial charge in [-0.05, 0) is 77.9 Å². The summed E-state index contributed by atoms with van der Waals surface area (Å²) in [5, 5.41) is 8.86. The number of rotatable bonds is 15. The molecule has 0 unspecified atom stereocenters. The summed E-state index contributed by atoms with van der Waals surface area (Å²) >= 11 is 0. The molecule has 48 heavy (non-hydrogen) atoms. The van der Waals surface area contributed by atoms with Gasteiger partial charge < -0.3 is 24.2 Å². The Morgan fingerprint density at radius 2 is 1.65 bits per heavy atom. The van der Waals surface area contributed by atoms with Gasteiger partial charge >= 0.3 is 12.1 Å². The second-order valence-corrected chi connectivity index (χ2v) is 11.5. The van der Waals surface area contributed by atoms with Crippen LogP contribution in [0.25, 0.3) is 11.3 Å². The van der Waals surface area contributed by atoms with Gasteiger partial charge in [0, 0.05) is 30.8 Å². The molecule has 0 atom stereocenters. The number of aryl methyl sites for hydroxylation is 1. The smallest absolute Gasteiger partial charge is 0.416 e. The van der Waals surface area contributed by atoms with Crippen molar-refractivity contribution in [3.8, 4) is 28.5 Å². The van der Waals surface area contributed by atoms with E-state index < -0.39 is 24.4 Å². The van der Waals surface area contributed by atoms with Crippen LogP contribution in [0.4, 0.5) is 23.5 Å². The van der Waals surface area contributed by atoms with E-state index in [1.54, 1.807) is 19.1 Å². The molecule has 0 saturated carbocycles. The zero-order valence-corrected chi connectivity index (χ0v) is 27.4. The van der Waals surface area contributed by atoms with Gasteiger partial charge in [0.05, 0.1) is 38.8 Å². The Kier molecular flexibility index (Phi) is 11.8. The Hall–Kier alpha value is -4.94. The molecule has 4 aromatic rings. The van der Waals surface area contributed by atoms with Gasteiger partial charge in [0.25, 0.3) is 0 Å². The van der Waals surface area contributed by atoms with E-state index in [9.17, 15) is 22.4 Å². The van der Waals surface area contributed by atoms with E-state index in [4.69, 9.17) is 24.3 Å². The third-order valence-corrected chi connectivity index (χ3v) is 7.54. The topological polar surface area (TPSA) is 107 Å². The Morgan fingerprint density at radius 3 is 2.25 bits per heavy atom. The van der Waals surface area contributed by atoms with Crippen molar-refractivity contribution in [3.05, 3.63) is 88.4 Å². The zero-order chi connectivity index (χ0) is 35.0. The summed E-state index contributed by atoms with van der Waals surface area (Å²) in [4.78, 5) is 26.3. The van der Waals surface area contributed by atoms with Gasteiger partial charge in [-0.1, -0.05) is 19.9 Å². The van der Waals surface area contributed by atoms with E-state index in [-0.39, 0.29) is 55.5 Å². The van der Waals surface area contributed by atoms with Crippen molar-refractivity contribution in [2.45, 2.75) is 65.5 Å². The van der Waals surface area contributed by atoms with E-state index in [0.717, 1.165) is 23.4 Å². The lowest BCUT2D eigenvalue weighted by Gasteiger charge is -2.26. The molecule has 2 aromatic heterocycles. The Bertz CT molecular complexity index is 1710. The fourth-order valence-corrected chi connectivity index (χ4v) is 5.12. The van der Waals surface area contributed by atoms with Gasteiger partial charge in [-0.15, -0.1) is 0 Å². The number of carboxylic acid groups (broad SMARTS) is 1. The number of pyridine rings is 1. The molecule has 0 radical (unpaired) electrons. The number of halogens is 4. The largest absolute Gasteiger partial charge is 0.496 e. The van der Waals surface area contributed by atoms with Gasteiger partial charge in [-0.25, -0.2) is 19.3 Å². The van der Waals surface area contributed by atoms with E-state index in [1.165, 1.54) is 18.5 Å². The number of methoxy groups -OCH3 is 2. The van der Waals surface area contributed by atoms with Crippen molar-refractivity contribution in [1.29, 1.82) is 0 Å². The van der Waals surface area contributed by atoms with Crippen LogP contribution in [0.1, 0.15) is 66.1 Å². The highest BCUT2D eigenvalue weighted by atomic mass is 19.4. The van der Waals surface area contributed by atoms with Gasteiger partial charge in [0.2, 0.25) is 5.95 Å². The summed E-state index contributed by atoms with van der Waals surface area (Å²) in [6.45, 7) is 4.98. The number of aromatic nitrogens is 3. The molecule has 2 aromatic carbocycles. The number of hydrogen-bond donors (Lipinski definition) is 1. The van der Waals surface area contributed by atoms with Crippen molar-refractivity contribution in [2.24, 2.45) is 0 Å². The summed E-state index contributed by atoms with van der Waals surface area (Å²) in [6.07, 6.45) is -1.65. The molecule has 9 nitrogen and oxygen atoms in total. The SMILES string of the molecule is COc1cc(CN(Cc2cc(CF)cc(C(F)(F)F)c2)c2ncc(OCCCC(=O)O)cn2)c(-c2nc(C(C)C)ccc2OC)cc1C. The molecule has 2 heterocycles. The molecule has 0 fully saturated rings. The number of benzene rings is 2. The van der Waals surface area contributed by atoms with E-state index in [2.05, 4.69) is 9.97 Å². The van der Waals surface area contributed by atoms with Crippen LogP contribution in [0.3, 0.4) is 0 Å². The van der Waals surface area contributed by atoms with Gasteiger partial charge in [0.1, 0.15) is 23.9 Å². The van der Waals surface area contributed by atoms with Crippen LogP contribution in [0.5, 0.6) is 17.2 Å². The molecule has 0 aliphatic heterocycles. The van der Waals surface area contributed by atoms with E-state index in [1.807, 2.05) is 45.0 Å². The Labute approximate surface area is 276 Å². The molecule has 0 bridgehead atoms. The van der Waals surface area contributed by atoms with Crippen LogP contribution in [0.2, 0.25) is 0 Å². The lowest BCUT2D eigenvalue weighted by atomic mass is 9.97. The average Bonchev–Trinajstić information content (AvgIpc) is 3.06. The summed E-state index contributed by atoms with van der Waals surface area (Å²) in [5.74, 6) is 0.744. The lowest BCUT2D eigenvalue weighted by Crippen LogP contribution is -2.25. The molecule has 1 N–H and O–H groups in total. The maximum atomic E-state index is 13.8. The van der Waals surface area contributed by atoms with Crippen LogP contribution < -0.4 is 19.1 Å². The van der Waals surface area contributed by atoms with E-state index in [0.29, 0.717) is 34.1 Å². The highest BCUT2D eigenvalue weighted by Crippen LogP contribution is 2.37. The minimum absolute atomic E-state index is 0.0629. The average molecular weight is 671 g/mol. The van der Waals surface area contributed by atoms with Crippen LogP contribution >= 0.6 is 0 Å². The number of carbonyl (C=O) groups is 1. The van der Waals surface area contributed by atoms with Crippen LogP contribution in [-0.2, 0) is 30.7 Å². The molecule has 4 rings (SSSR count). The summed E-state index contributed by atoms with van der Waals surface area (Å²) in [7, 11) is 3.09. The minimum atomic E-state index is -4.68. The molecular weight excluding hydrogens is 632 g/mol. The molecule has 13 heteroatoms. The highest BCUT2D eigenvalue weighted by Gasteiger charge is 2.31. The first-order valence-corrected chi connectivity index (χ1v) is 15.2. The predicted molar refractivity (Wildman–Crippen MR) is 172 cm³/mol. The van der Waals surface area contributed by atoms with Crippen molar-refractivity contribution in [1.82, 2.24) is 15.0 Å². The standard InChI is InChI=1S/C35H38F4N4O5/c1-21(2)29-8-9-30(46-4)33(42-29)28-11-22(3)31(47-5)15-25(28)20-43(19-24-12-23(16-36)13-26(14-24)35(37,38)39)34-40-17-27(18-41-34)48-10-6-7-32(44)45/h8-9,11-15,17-18,21H,6-7,10,16,19-20H2,1-5H3,(H,44,45). The van der Waals surface area contributed by atoms with Crippen molar-refractivity contribution < 1.29 is 41.7 Å². The van der Waals surface area contributed by atoms with Crippen molar-refractivity contribution in [2.75, 3.05) is 25.7 Å². The first kappa shape index (κ1) is 35.9.